The quantitative estimate of drug-likeness (QED) is 0.615. The molecule has 2 heteroatoms. The molecule has 0 amide bonds. The molecule has 2 nitrogen and oxygen atoms in total. The molecule has 0 radical (unpaired) electrons. The summed E-state index contributed by atoms with van der Waals surface area (Å²) in [5, 5.41) is 9.91. The van der Waals surface area contributed by atoms with E-state index in [1.807, 2.05) is 0 Å². The topological polar surface area (TPSA) is 46.2 Å². The van der Waals surface area contributed by atoms with Gasteiger partial charge in [0.15, 0.2) is 0 Å². The molecule has 80 valence electrons. The Balaban J connectivity index is 1.91. The maximum absolute atomic E-state index is 9.91. The molecule has 2 bridgehead atoms. The minimum Gasteiger partial charge on any atom is -0.393 e. The van der Waals surface area contributed by atoms with Crippen LogP contribution in [0, 0.1) is 23.2 Å². The van der Waals surface area contributed by atoms with E-state index in [2.05, 4.69) is 6.92 Å². The van der Waals surface area contributed by atoms with Gasteiger partial charge >= 0.3 is 0 Å². The van der Waals surface area contributed by atoms with E-state index in [9.17, 15) is 5.11 Å². The summed E-state index contributed by atoms with van der Waals surface area (Å²) in [4.78, 5) is 0. The molecule has 0 heterocycles. The molecule has 0 aromatic carbocycles. The number of hydrogen-bond donors (Lipinski definition) is 2. The molecule has 4 unspecified atom stereocenters. The van der Waals surface area contributed by atoms with Gasteiger partial charge in [-0.2, -0.15) is 0 Å². The summed E-state index contributed by atoms with van der Waals surface area (Å²) in [5.41, 5.74) is 6.71. The van der Waals surface area contributed by atoms with Crippen LogP contribution < -0.4 is 5.73 Å². The average Bonchev–Trinajstić information content (AvgIpc) is 2.76. The van der Waals surface area contributed by atoms with Gasteiger partial charge in [0.25, 0.3) is 0 Å². The van der Waals surface area contributed by atoms with Gasteiger partial charge < -0.3 is 10.8 Å². The van der Waals surface area contributed by atoms with E-state index >= 15 is 0 Å². The van der Waals surface area contributed by atoms with Crippen molar-refractivity contribution in [2.24, 2.45) is 28.9 Å². The fourth-order valence-corrected chi connectivity index (χ4v) is 4.62. The summed E-state index contributed by atoms with van der Waals surface area (Å²) in [6.45, 7) is 2.18. The summed E-state index contributed by atoms with van der Waals surface area (Å²) < 4.78 is 0. The fourth-order valence-electron chi connectivity index (χ4n) is 4.62. The molecule has 1 spiro atoms. The minimum absolute atomic E-state index is 0.0830. The van der Waals surface area contributed by atoms with Crippen molar-refractivity contribution in [2.45, 2.75) is 51.2 Å². The summed E-state index contributed by atoms with van der Waals surface area (Å²) >= 11 is 0. The van der Waals surface area contributed by atoms with E-state index < -0.39 is 0 Å². The predicted molar refractivity (Wildman–Crippen MR) is 55.6 cm³/mol. The minimum atomic E-state index is -0.0830. The van der Waals surface area contributed by atoms with Crippen molar-refractivity contribution in [1.82, 2.24) is 0 Å². The third-order valence-electron chi connectivity index (χ3n) is 5.41. The van der Waals surface area contributed by atoms with E-state index in [1.165, 1.54) is 25.7 Å². The van der Waals surface area contributed by atoms with Gasteiger partial charge in [0, 0.05) is 6.04 Å². The van der Waals surface area contributed by atoms with Crippen molar-refractivity contribution in [3.8, 4) is 0 Å². The highest BCUT2D eigenvalue weighted by Gasteiger charge is 2.60. The van der Waals surface area contributed by atoms with Crippen molar-refractivity contribution < 1.29 is 5.11 Å². The van der Waals surface area contributed by atoms with Gasteiger partial charge in [-0.1, -0.05) is 6.92 Å². The number of nitrogens with two attached hydrogens (primary N) is 1. The first-order valence-electron chi connectivity index (χ1n) is 6.07. The van der Waals surface area contributed by atoms with Crippen LogP contribution in [0.2, 0.25) is 0 Å². The second-order valence-electron chi connectivity index (χ2n) is 5.98. The Hall–Kier alpha value is -0.0800. The molecular formula is C12H21NO. The lowest BCUT2D eigenvalue weighted by atomic mass is 9.68. The molecule has 6 atom stereocenters. The zero-order valence-electron chi connectivity index (χ0n) is 8.95. The summed E-state index contributed by atoms with van der Waals surface area (Å²) in [5.74, 6) is 2.08. The maximum atomic E-state index is 9.91. The van der Waals surface area contributed by atoms with Crippen LogP contribution in [0.15, 0.2) is 0 Å². The zero-order valence-corrected chi connectivity index (χ0v) is 8.95. The van der Waals surface area contributed by atoms with E-state index in [4.69, 9.17) is 5.73 Å². The molecule has 3 fully saturated rings. The maximum Gasteiger partial charge on any atom is 0.0572 e. The largest absolute Gasteiger partial charge is 0.393 e. The van der Waals surface area contributed by atoms with E-state index in [0.717, 1.165) is 18.3 Å². The van der Waals surface area contributed by atoms with Crippen LogP contribution in [-0.4, -0.2) is 17.3 Å². The summed E-state index contributed by atoms with van der Waals surface area (Å²) in [6.07, 6.45) is 6.14. The first-order chi connectivity index (χ1) is 6.63. The van der Waals surface area contributed by atoms with Gasteiger partial charge in [0.1, 0.15) is 0 Å². The first kappa shape index (κ1) is 9.17. The van der Waals surface area contributed by atoms with E-state index in [1.54, 1.807) is 0 Å². The number of rotatable bonds is 0. The average molecular weight is 195 g/mol. The van der Waals surface area contributed by atoms with E-state index in [-0.39, 0.29) is 6.10 Å². The van der Waals surface area contributed by atoms with Gasteiger partial charge in [-0.05, 0) is 55.3 Å². The molecular weight excluding hydrogens is 174 g/mol. The smallest absolute Gasteiger partial charge is 0.0572 e. The predicted octanol–water partition coefficient (Wildman–Crippen LogP) is 1.52. The molecule has 3 saturated carbocycles. The lowest BCUT2D eigenvalue weighted by Crippen LogP contribution is -2.45. The van der Waals surface area contributed by atoms with Crippen LogP contribution in [0.4, 0.5) is 0 Å². The molecule has 3 rings (SSSR count). The fraction of sp³-hybridized carbons (Fsp3) is 1.00. The number of fused-ring (bicyclic) bond motifs is 3. The van der Waals surface area contributed by atoms with Gasteiger partial charge in [-0.15, -0.1) is 0 Å². The third-order valence-corrected chi connectivity index (χ3v) is 5.41. The second-order valence-corrected chi connectivity index (χ2v) is 5.98. The standard InChI is InChI=1S/C12H21NO/c1-7-5-12(6-10(7)14)9-3-2-8(4-9)11(12)13/h7-11,14H,2-6,13H2,1H3/t7?,8?,9?,10-,11+,12?/m0/s1. The van der Waals surface area contributed by atoms with Crippen LogP contribution in [-0.2, 0) is 0 Å². The summed E-state index contributed by atoms with van der Waals surface area (Å²) in [6, 6.07) is 0.390. The van der Waals surface area contributed by atoms with Crippen LogP contribution in [0.5, 0.6) is 0 Å². The SMILES string of the molecule is CC1CC2(C[C@@H]1O)C1CCC(C1)[C@H]2N. The number of aliphatic hydroxyl groups is 1. The second kappa shape index (κ2) is 2.73. The normalized spacial score (nSPS) is 61.5. The molecule has 3 aliphatic carbocycles. The Bertz CT molecular complexity index is 239. The monoisotopic (exact) mass is 195 g/mol. The Labute approximate surface area is 85.9 Å². The highest BCUT2D eigenvalue weighted by Crippen LogP contribution is 2.62. The van der Waals surface area contributed by atoms with Gasteiger partial charge in [0.2, 0.25) is 0 Å². The Morgan fingerprint density at radius 2 is 2.07 bits per heavy atom. The van der Waals surface area contributed by atoms with Crippen molar-refractivity contribution in [2.75, 3.05) is 0 Å². The molecule has 0 aliphatic heterocycles. The van der Waals surface area contributed by atoms with Crippen molar-refractivity contribution in [3.05, 3.63) is 0 Å². The first-order valence-corrected chi connectivity index (χ1v) is 6.07. The molecule has 0 aromatic heterocycles. The van der Waals surface area contributed by atoms with Gasteiger partial charge in [0.05, 0.1) is 6.10 Å². The Kier molecular flexibility index (Phi) is 1.79. The van der Waals surface area contributed by atoms with Crippen LogP contribution in [0.1, 0.15) is 39.0 Å². The van der Waals surface area contributed by atoms with Gasteiger partial charge in [-0.3, -0.25) is 0 Å². The number of hydrogen-bond acceptors (Lipinski definition) is 2. The Morgan fingerprint density at radius 1 is 1.29 bits per heavy atom. The van der Waals surface area contributed by atoms with Crippen LogP contribution in [0.25, 0.3) is 0 Å². The van der Waals surface area contributed by atoms with Gasteiger partial charge in [-0.25, -0.2) is 0 Å². The lowest BCUT2D eigenvalue weighted by molar-refractivity contribution is 0.0999. The zero-order chi connectivity index (χ0) is 9.92. The molecule has 0 aromatic rings. The number of aliphatic hydroxyl groups excluding tert-OH is 1. The van der Waals surface area contributed by atoms with Crippen molar-refractivity contribution in [1.29, 1.82) is 0 Å². The van der Waals surface area contributed by atoms with Crippen LogP contribution in [0.3, 0.4) is 0 Å². The van der Waals surface area contributed by atoms with Crippen molar-refractivity contribution in [3.63, 3.8) is 0 Å². The highest BCUT2D eigenvalue weighted by atomic mass is 16.3. The molecule has 14 heavy (non-hydrogen) atoms. The third kappa shape index (κ3) is 0.938. The van der Waals surface area contributed by atoms with Crippen LogP contribution >= 0.6 is 0 Å². The Morgan fingerprint density at radius 3 is 2.57 bits per heavy atom. The molecule has 3 N–H and O–H groups in total. The van der Waals surface area contributed by atoms with E-state index in [0.29, 0.717) is 17.4 Å². The lowest BCUT2D eigenvalue weighted by Gasteiger charge is -2.39. The van der Waals surface area contributed by atoms with Crippen molar-refractivity contribution >= 4 is 0 Å². The summed E-state index contributed by atoms with van der Waals surface area (Å²) in [7, 11) is 0. The molecule has 0 saturated heterocycles. The highest BCUT2D eigenvalue weighted by molar-refractivity contribution is 5.12. The molecule has 3 aliphatic rings.